The van der Waals surface area contributed by atoms with Gasteiger partial charge in [0.25, 0.3) is 0 Å². The normalized spacial score (nSPS) is 32.6. The van der Waals surface area contributed by atoms with Gasteiger partial charge in [-0.3, -0.25) is 9.11 Å². The van der Waals surface area contributed by atoms with Crippen LogP contribution in [0.2, 0.25) is 0 Å². The van der Waals surface area contributed by atoms with Crippen molar-refractivity contribution >= 4 is 22.6 Å². The van der Waals surface area contributed by atoms with Gasteiger partial charge >= 0.3 is 6.09 Å². The fourth-order valence-electron chi connectivity index (χ4n) is 4.18. The summed E-state index contributed by atoms with van der Waals surface area (Å²) in [7, 11) is -0.737. The average molecular weight is 376 g/mol. The molecule has 3 heterocycles. The van der Waals surface area contributed by atoms with Gasteiger partial charge in [0.2, 0.25) is 0 Å². The van der Waals surface area contributed by atoms with Gasteiger partial charge in [0.15, 0.2) is 0 Å². The fraction of sp³-hybridized carbons (Fsp3) is 0.471. The Morgan fingerprint density at radius 1 is 1.31 bits per heavy atom. The number of cyclic esters (lactones) is 1. The second kappa shape index (κ2) is 5.87. The summed E-state index contributed by atoms with van der Waals surface area (Å²) in [5.74, 6) is 1.92. The number of fused-ring (bicyclic) bond motifs is 1. The van der Waals surface area contributed by atoms with Crippen LogP contribution in [0.5, 0.6) is 0 Å². The van der Waals surface area contributed by atoms with Gasteiger partial charge in [0.1, 0.15) is 11.9 Å². The Morgan fingerprint density at radius 2 is 2.12 bits per heavy atom. The second-order valence-corrected chi connectivity index (χ2v) is 8.62. The van der Waals surface area contributed by atoms with E-state index in [1.165, 1.54) is 11.0 Å². The molecule has 0 radical (unpaired) electrons. The zero-order valence-corrected chi connectivity index (χ0v) is 14.6. The molecular weight excluding hydrogens is 359 g/mol. The van der Waals surface area contributed by atoms with Crippen LogP contribution in [0, 0.1) is 17.7 Å². The lowest BCUT2D eigenvalue weighted by Crippen LogP contribution is -2.26. The van der Waals surface area contributed by atoms with Gasteiger partial charge in [-0.25, -0.2) is 13.9 Å². The average Bonchev–Trinajstić information content (AvgIpc) is 3.04. The van der Waals surface area contributed by atoms with E-state index >= 15 is 0 Å². The number of hydrogen-bond acceptors (Lipinski definition) is 5. The van der Waals surface area contributed by atoms with Gasteiger partial charge in [0.05, 0.1) is 25.0 Å². The zero-order valence-electron chi connectivity index (χ0n) is 13.8. The van der Waals surface area contributed by atoms with Crippen LogP contribution in [-0.2, 0) is 22.1 Å². The summed E-state index contributed by atoms with van der Waals surface area (Å²) in [4.78, 5) is 13.6. The summed E-state index contributed by atoms with van der Waals surface area (Å²) in [5.41, 5.74) is 1.17. The lowest BCUT2D eigenvalue weighted by Gasteiger charge is -2.15. The molecule has 5 atom stereocenters. The summed E-state index contributed by atoms with van der Waals surface area (Å²) in [6, 6.07) is 4.93. The van der Waals surface area contributed by atoms with Gasteiger partial charge in [-0.05, 0) is 35.4 Å². The van der Waals surface area contributed by atoms with Crippen LogP contribution in [0.25, 0.3) is 0 Å². The first kappa shape index (κ1) is 15.9. The third-order valence-electron chi connectivity index (χ3n) is 5.48. The van der Waals surface area contributed by atoms with E-state index < -0.39 is 16.9 Å². The molecule has 2 aliphatic heterocycles. The van der Waals surface area contributed by atoms with Gasteiger partial charge in [-0.2, -0.15) is 0 Å². The predicted molar refractivity (Wildman–Crippen MR) is 91.6 cm³/mol. The first-order chi connectivity index (χ1) is 12.6. The van der Waals surface area contributed by atoms with Crippen molar-refractivity contribution in [2.24, 2.45) is 11.8 Å². The number of nitrogens with zero attached hydrogens (tertiary/aromatic N) is 4. The molecule has 9 heteroatoms. The Labute approximate surface area is 151 Å². The maximum Gasteiger partial charge on any atom is 0.414 e. The number of ether oxygens (including phenoxy) is 1. The van der Waals surface area contributed by atoms with Crippen molar-refractivity contribution in [2.45, 2.75) is 18.6 Å². The third kappa shape index (κ3) is 2.61. The summed E-state index contributed by atoms with van der Waals surface area (Å²) >= 11 is 0. The van der Waals surface area contributed by atoms with Crippen molar-refractivity contribution in [1.82, 2.24) is 15.0 Å². The molecule has 7 nitrogen and oxygen atoms in total. The molecule has 26 heavy (non-hydrogen) atoms. The van der Waals surface area contributed by atoms with E-state index in [1.54, 1.807) is 29.2 Å². The molecule has 3 aliphatic rings. The Morgan fingerprint density at radius 3 is 2.81 bits per heavy atom. The Kier molecular flexibility index (Phi) is 3.59. The van der Waals surface area contributed by atoms with Gasteiger partial charge < -0.3 is 4.74 Å². The number of aromatic nitrogens is 3. The number of anilines is 1. The number of rotatable bonds is 4. The van der Waals surface area contributed by atoms with Crippen LogP contribution in [0.15, 0.2) is 30.6 Å². The summed E-state index contributed by atoms with van der Waals surface area (Å²) in [5, 5.41) is 7.59. The van der Waals surface area contributed by atoms with E-state index in [0.29, 0.717) is 47.7 Å². The Balaban J connectivity index is 1.30. The van der Waals surface area contributed by atoms with E-state index in [2.05, 4.69) is 10.3 Å². The van der Waals surface area contributed by atoms with Crippen LogP contribution >= 0.6 is 0 Å². The first-order valence-electron chi connectivity index (χ1n) is 8.57. The van der Waals surface area contributed by atoms with Crippen molar-refractivity contribution in [1.29, 1.82) is 0 Å². The molecule has 0 spiro atoms. The van der Waals surface area contributed by atoms with Crippen molar-refractivity contribution in [3.8, 4) is 0 Å². The maximum absolute atomic E-state index is 14.7. The lowest BCUT2D eigenvalue weighted by atomic mass is 10.1. The van der Waals surface area contributed by atoms with E-state index in [9.17, 15) is 13.4 Å². The second-order valence-electron chi connectivity index (χ2n) is 7.07. The fourth-order valence-corrected chi connectivity index (χ4v) is 6.08. The zero-order chi connectivity index (χ0) is 17.8. The predicted octanol–water partition coefficient (Wildman–Crippen LogP) is 1.53. The molecule has 5 rings (SSSR count). The molecular formula is C17H17FN4O3S. The maximum atomic E-state index is 14.7. The third-order valence-corrected chi connectivity index (χ3v) is 6.99. The van der Waals surface area contributed by atoms with Crippen molar-refractivity contribution in [3.63, 3.8) is 0 Å². The van der Waals surface area contributed by atoms with Crippen LogP contribution in [0.1, 0.15) is 11.5 Å². The van der Waals surface area contributed by atoms with Crippen LogP contribution in [0.4, 0.5) is 14.9 Å². The van der Waals surface area contributed by atoms with Crippen LogP contribution in [0.3, 0.4) is 0 Å². The molecule has 1 aromatic carbocycles. The Bertz CT molecular complexity index is 876. The van der Waals surface area contributed by atoms with Gasteiger partial charge in [-0.1, -0.05) is 11.3 Å². The number of benzene rings is 1. The van der Waals surface area contributed by atoms with Crippen molar-refractivity contribution < 1.29 is 18.1 Å². The van der Waals surface area contributed by atoms with Crippen LogP contribution in [-0.4, -0.2) is 49.5 Å². The van der Waals surface area contributed by atoms with Gasteiger partial charge in [-0.15, -0.1) is 5.10 Å². The molecule has 1 saturated carbocycles. The number of hydrogen-bond donors (Lipinski definition) is 0. The first-order valence-corrected chi connectivity index (χ1v) is 10.1. The molecule has 2 saturated heterocycles. The van der Waals surface area contributed by atoms with Gasteiger partial charge in [0, 0.05) is 28.5 Å². The molecule has 1 amide bonds. The molecule has 0 N–H and O–H groups in total. The molecule has 136 valence electrons. The Hall–Kier alpha value is -2.29. The monoisotopic (exact) mass is 376 g/mol. The largest absolute Gasteiger partial charge is 0.442 e. The highest BCUT2D eigenvalue weighted by atomic mass is 32.2. The number of carbonyl (C=O) groups is 1. The van der Waals surface area contributed by atoms with Crippen LogP contribution < -0.4 is 4.90 Å². The highest BCUT2D eigenvalue weighted by molar-refractivity contribution is 7.85. The highest BCUT2D eigenvalue weighted by Gasteiger charge is 2.57. The summed E-state index contributed by atoms with van der Waals surface area (Å²) in [6.45, 7) is 0.747. The molecule has 2 aromatic rings. The van der Waals surface area contributed by atoms with E-state index in [4.69, 9.17) is 4.74 Å². The molecule has 0 bridgehead atoms. The van der Waals surface area contributed by atoms with E-state index in [-0.39, 0.29) is 17.8 Å². The SMILES string of the molecule is O=C1O[C@@H](Cn2ccnn2)CN1c1ccc(C2[C@H]3CS(=O)C[C@@H]23)c(F)c1. The smallest absolute Gasteiger partial charge is 0.414 e. The number of halogens is 1. The minimum Gasteiger partial charge on any atom is -0.442 e. The lowest BCUT2D eigenvalue weighted by molar-refractivity contribution is 0.129. The van der Waals surface area contributed by atoms with Crippen molar-refractivity contribution in [2.75, 3.05) is 23.0 Å². The minimum absolute atomic E-state index is 0.173. The highest BCUT2D eigenvalue weighted by Crippen LogP contribution is 2.58. The molecule has 1 aliphatic carbocycles. The van der Waals surface area contributed by atoms with Crippen molar-refractivity contribution in [3.05, 3.63) is 42.0 Å². The standard InChI is InChI=1S/C17H17FN4O3S/c18-15-5-10(1-2-12(15)16-13-8-26(24)9-14(13)16)22-7-11(25-17(22)23)6-21-4-3-19-20-21/h1-5,11,13-14,16H,6-9H2/t11-,13-,14+,16?,26?/m0/s1. The minimum atomic E-state index is -0.737. The van der Waals surface area contributed by atoms with E-state index in [1.807, 2.05) is 0 Å². The summed E-state index contributed by atoms with van der Waals surface area (Å²) in [6.07, 6.45) is 2.42. The molecule has 3 fully saturated rings. The quantitative estimate of drug-likeness (QED) is 0.809. The molecule has 2 unspecified atom stereocenters. The topological polar surface area (TPSA) is 77.3 Å². The van der Waals surface area contributed by atoms with E-state index in [0.717, 1.165) is 0 Å². The molecule has 1 aromatic heterocycles. The number of carbonyl (C=O) groups excluding carboxylic acids is 1. The summed E-state index contributed by atoms with van der Waals surface area (Å²) < 4.78 is 33.1. The number of amides is 1.